The Balaban J connectivity index is 1.47. The molecule has 2 fully saturated rings. The minimum absolute atomic E-state index is 0.0979. The predicted octanol–water partition coefficient (Wildman–Crippen LogP) is 2.09. The summed E-state index contributed by atoms with van der Waals surface area (Å²) in [5.74, 6) is 0.963. The zero-order valence-corrected chi connectivity index (χ0v) is 16.3. The topological polar surface area (TPSA) is 69.6 Å². The highest BCUT2D eigenvalue weighted by atomic mass is 16.2. The SMILES string of the molecule is CC(=O)N(CCC(=O)N1CCN(c2ncccn2)CC1)C1CCCCCC1. The van der Waals surface area contributed by atoms with Crippen molar-refractivity contribution in [1.29, 1.82) is 0 Å². The van der Waals surface area contributed by atoms with E-state index < -0.39 is 0 Å². The van der Waals surface area contributed by atoms with Crippen LogP contribution in [0.1, 0.15) is 51.9 Å². The van der Waals surface area contributed by atoms with Crippen molar-refractivity contribution in [2.75, 3.05) is 37.6 Å². The Morgan fingerprint density at radius 2 is 1.67 bits per heavy atom. The molecule has 2 heterocycles. The number of carbonyl (C=O) groups is 2. The minimum Gasteiger partial charge on any atom is -0.339 e. The number of hydrogen-bond acceptors (Lipinski definition) is 5. The molecule has 0 bridgehead atoms. The maximum atomic E-state index is 12.7. The fraction of sp³-hybridized carbons (Fsp3) is 0.700. The number of amides is 2. The highest BCUT2D eigenvalue weighted by Crippen LogP contribution is 2.22. The normalized spacial score (nSPS) is 18.9. The molecule has 1 saturated heterocycles. The van der Waals surface area contributed by atoms with Crippen molar-refractivity contribution in [3.05, 3.63) is 18.5 Å². The van der Waals surface area contributed by atoms with Gasteiger partial charge < -0.3 is 14.7 Å². The van der Waals surface area contributed by atoms with E-state index in [9.17, 15) is 9.59 Å². The van der Waals surface area contributed by atoms with Gasteiger partial charge >= 0.3 is 0 Å². The second kappa shape index (κ2) is 9.67. The van der Waals surface area contributed by atoms with Gasteiger partial charge in [0.15, 0.2) is 0 Å². The van der Waals surface area contributed by atoms with Crippen LogP contribution in [0.5, 0.6) is 0 Å². The van der Waals surface area contributed by atoms with Gasteiger partial charge in [-0.05, 0) is 18.9 Å². The van der Waals surface area contributed by atoms with Crippen molar-refractivity contribution < 1.29 is 9.59 Å². The maximum Gasteiger partial charge on any atom is 0.225 e. The van der Waals surface area contributed by atoms with Gasteiger partial charge in [-0.25, -0.2) is 9.97 Å². The van der Waals surface area contributed by atoms with E-state index in [-0.39, 0.29) is 11.8 Å². The predicted molar refractivity (Wildman–Crippen MR) is 104 cm³/mol. The van der Waals surface area contributed by atoms with Crippen molar-refractivity contribution >= 4 is 17.8 Å². The van der Waals surface area contributed by atoms with Crippen molar-refractivity contribution in [3.63, 3.8) is 0 Å². The molecular weight excluding hydrogens is 342 g/mol. The molecule has 27 heavy (non-hydrogen) atoms. The first-order valence-electron chi connectivity index (χ1n) is 10.2. The van der Waals surface area contributed by atoms with E-state index in [1.165, 1.54) is 25.7 Å². The molecule has 0 atom stereocenters. The first kappa shape index (κ1) is 19.6. The van der Waals surface area contributed by atoms with Crippen LogP contribution in [-0.2, 0) is 9.59 Å². The van der Waals surface area contributed by atoms with Crippen LogP contribution in [0.15, 0.2) is 18.5 Å². The molecule has 0 spiro atoms. The van der Waals surface area contributed by atoms with E-state index in [0.717, 1.165) is 31.9 Å². The van der Waals surface area contributed by atoms with E-state index in [2.05, 4.69) is 14.9 Å². The Morgan fingerprint density at radius 1 is 1.04 bits per heavy atom. The van der Waals surface area contributed by atoms with Crippen LogP contribution in [0.2, 0.25) is 0 Å². The van der Waals surface area contributed by atoms with Gasteiger partial charge in [-0.2, -0.15) is 0 Å². The lowest BCUT2D eigenvalue weighted by Gasteiger charge is -2.35. The summed E-state index contributed by atoms with van der Waals surface area (Å²) >= 11 is 0. The third-order valence-electron chi connectivity index (χ3n) is 5.70. The average molecular weight is 374 g/mol. The molecule has 0 radical (unpaired) electrons. The second-order valence-electron chi connectivity index (χ2n) is 7.52. The summed E-state index contributed by atoms with van der Waals surface area (Å²) in [6, 6.07) is 2.11. The molecule has 2 aliphatic rings. The number of hydrogen-bond donors (Lipinski definition) is 0. The fourth-order valence-electron chi connectivity index (χ4n) is 4.15. The Hall–Kier alpha value is -2.18. The Labute approximate surface area is 161 Å². The van der Waals surface area contributed by atoms with Crippen molar-refractivity contribution in [2.24, 2.45) is 0 Å². The van der Waals surface area contributed by atoms with Crippen LogP contribution in [0.25, 0.3) is 0 Å². The number of piperazine rings is 1. The third-order valence-corrected chi connectivity index (χ3v) is 5.70. The van der Waals surface area contributed by atoms with Gasteiger partial charge in [-0.1, -0.05) is 25.7 Å². The monoisotopic (exact) mass is 373 g/mol. The Morgan fingerprint density at radius 3 is 2.26 bits per heavy atom. The Bertz CT molecular complexity index is 608. The summed E-state index contributed by atoms with van der Waals surface area (Å²) < 4.78 is 0. The number of rotatable bonds is 5. The van der Waals surface area contributed by atoms with Crippen LogP contribution in [0, 0.1) is 0 Å². The number of carbonyl (C=O) groups excluding carboxylic acids is 2. The second-order valence-corrected chi connectivity index (χ2v) is 7.52. The summed E-state index contributed by atoms with van der Waals surface area (Å²) in [7, 11) is 0. The largest absolute Gasteiger partial charge is 0.339 e. The number of anilines is 1. The van der Waals surface area contributed by atoms with Crippen molar-refractivity contribution in [2.45, 2.75) is 57.9 Å². The van der Waals surface area contributed by atoms with Gasteiger partial charge in [0.25, 0.3) is 0 Å². The van der Waals surface area contributed by atoms with Crippen LogP contribution in [0.4, 0.5) is 5.95 Å². The molecule has 7 heteroatoms. The lowest BCUT2D eigenvalue weighted by atomic mass is 10.1. The first-order chi connectivity index (χ1) is 13.1. The average Bonchev–Trinajstić information content (AvgIpc) is 2.98. The minimum atomic E-state index is 0.0979. The zero-order valence-electron chi connectivity index (χ0n) is 16.3. The molecule has 0 unspecified atom stereocenters. The molecule has 2 amide bonds. The van der Waals surface area contributed by atoms with Crippen LogP contribution in [-0.4, -0.2) is 70.3 Å². The summed E-state index contributed by atoms with van der Waals surface area (Å²) in [6.07, 6.45) is 10.9. The van der Waals surface area contributed by atoms with Gasteiger partial charge in [0.1, 0.15) is 0 Å². The summed E-state index contributed by atoms with van der Waals surface area (Å²) in [5.41, 5.74) is 0. The van der Waals surface area contributed by atoms with Gasteiger partial charge in [-0.3, -0.25) is 9.59 Å². The molecule has 0 N–H and O–H groups in total. The maximum absolute atomic E-state index is 12.7. The highest BCUT2D eigenvalue weighted by molar-refractivity contribution is 5.78. The number of nitrogens with zero attached hydrogens (tertiary/aromatic N) is 5. The van der Waals surface area contributed by atoms with E-state index >= 15 is 0 Å². The van der Waals surface area contributed by atoms with Crippen LogP contribution >= 0.6 is 0 Å². The summed E-state index contributed by atoms with van der Waals surface area (Å²) in [6.45, 7) is 5.03. The van der Waals surface area contributed by atoms with E-state index in [1.807, 2.05) is 9.80 Å². The molecule has 0 aromatic carbocycles. The molecular formula is C20H31N5O2. The van der Waals surface area contributed by atoms with Gasteiger partial charge in [-0.15, -0.1) is 0 Å². The van der Waals surface area contributed by atoms with Gasteiger partial charge in [0.05, 0.1) is 0 Å². The van der Waals surface area contributed by atoms with Crippen molar-refractivity contribution in [3.8, 4) is 0 Å². The highest BCUT2D eigenvalue weighted by Gasteiger charge is 2.26. The van der Waals surface area contributed by atoms with Gasteiger partial charge in [0, 0.05) is 64.5 Å². The molecule has 1 aliphatic heterocycles. The lowest BCUT2D eigenvalue weighted by molar-refractivity contribution is -0.135. The number of aromatic nitrogens is 2. The zero-order chi connectivity index (χ0) is 19.1. The molecule has 7 nitrogen and oxygen atoms in total. The van der Waals surface area contributed by atoms with E-state index in [4.69, 9.17) is 0 Å². The summed E-state index contributed by atoms with van der Waals surface area (Å²) in [4.78, 5) is 39.3. The van der Waals surface area contributed by atoms with Gasteiger partial charge in [0.2, 0.25) is 17.8 Å². The smallest absolute Gasteiger partial charge is 0.225 e. The first-order valence-corrected chi connectivity index (χ1v) is 10.2. The third kappa shape index (κ3) is 5.40. The standard InChI is InChI=1S/C20H31N5O2/c1-17(26)25(18-7-4-2-3-5-8-18)12-9-19(27)23-13-15-24(16-14-23)20-21-10-6-11-22-20/h6,10-11,18H,2-5,7-9,12-16H2,1H3. The quantitative estimate of drug-likeness (QED) is 0.739. The fourth-order valence-corrected chi connectivity index (χ4v) is 4.15. The Kier molecular flexibility index (Phi) is 7.01. The summed E-state index contributed by atoms with van der Waals surface area (Å²) in [5, 5.41) is 0. The molecule has 1 aromatic rings. The van der Waals surface area contributed by atoms with Crippen molar-refractivity contribution in [1.82, 2.24) is 19.8 Å². The van der Waals surface area contributed by atoms with E-state index in [1.54, 1.807) is 25.4 Å². The molecule has 1 aromatic heterocycles. The molecule has 3 rings (SSSR count). The van der Waals surface area contributed by atoms with Crippen LogP contribution < -0.4 is 4.90 Å². The molecule has 1 saturated carbocycles. The molecule has 148 valence electrons. The molecule has 1 aliphatic carbocycles. The lowest BCUT2D eigenvalue weighted by Crippen LogP contribution is -2.50. The van der Waals surface area contributed by atoms with Crippen LogP contribution in [0.3, 0.4) is 0 Å². The van der Waals surface area contributed by atoms with E-state index in [0.29, 0.717) is 32.1 Å².